The van der Waals surface area contributed by atoms with Crippen LogP contribution in [0.15, 0.2) is 12.2 Å². The fraction of sp³-hybridized carbons (Fsp3) is 0.667. The lowest BCUT2D eigenvalue weighted by Gasteiger charge is -2.16. The zero-order valence-electron chi connectivity index (χ0n) is 7.14. The van der Waals surface area contributed by atoms with E-state index in [0.717, 1.165) is 13.1 Å². The molecule has 0 rings (SSSR count). The molecule has 1 radical (unpaired) electrons. The molecular formula is C9H18N. The second-order valence-corrected chi connectivity index (χ2v) is 2.36. The number of likely N-dealkylation sites (N-methyl/N-ethyl adjacent to an activating group) is 1. The Hall–Kier alpha value is -0.300. The zero-order chi connectivity index (χ0) is 7.82. The molecule has 0 fully saturated rings. The SMILES string of the molecule is [CH2]C=CCN(CC)CCC. The van der Waals surface area contributed by atoms with E-state index in [2.05, 4.69) is 31.7 Å². The largest absolute Gasteiger partial charge is 0.300 e. The van der Waals surface area contributed by atoms with Crippen LogP contribution in [0.1, 0.15) is 20.3 Å². The van der Waals surface area contributed by atoms with E-state index in [1.807, 2.05) is 6.08 Å². The van der Waals surface area contributed by atoms with Crippen molar-refractivity contribution >= 4 is 0 Å². The predicted molar refractivity (Wildman–Crippen MR) is 46.9 cm³/mol. The van der Waals surface area contributed by atoms with Crippen LogP contribution >= 0.6 is 0 Å². The van der Waals surface area contributed by atoms with Crippen LogP contribution in [-0.2, 0) is 0 Å². The summed E-state index contributed by atoms with van der Waals surface area (Å²) in [4.78, 5) is 2.39. The Labute approximate surface area is 64.7 Å². The summed E-state index contributed by atoms with van der Waals surface area (Å²) in [7, 11) is 0. The molecule has 0 unspecified atom stereocenters. The van der Waals surface area contributed by atoms with Gasteiger partial charge in [-0.1, -0.05) is 26.0 Å². The molecule has 59 valence electrons. The van der Waals surface area contributed by atoms with Gasteiger partial charge in [-0.25, -0.2) is 0 Å². The van der Waals surface area contributed by atoms with Crippen molar-refractivity contribution in [2.75, 3.05) is 19.6 Å². The van der Waals surface area contributed by atoms with Crippen molar-refractivity contribution in [1.82, 2.24) is 4.90 Å². The van der Waals surface area contributed by atoms with Gasteiger partial charge in [0, 0.05) is 6.54 Å². The molecule has 0 aromatic rings. The number of hydrogen-bond donors (Lipinski definition) is 0. The summed E-state index contributed by atoms with van der Waals surface area (Å²) < 4.78 is 0. The highest BCUT2D eigenvalue weighted by molar-refractivity contribution is 4.86. The second kappa shape index (κ2) is 6.81. The van der Waals surface area contributed by atoms with Gasteiger partial charge in [0.05, 0.1) is 0 Å². The van der Waals surface area contributed by atoms with Crippen LogP contribution in [0.3, 0.4) is 0 Å². The molecule has 0 N–H and O–H groups in total. The average Bonchev–Trinajstić information content (AvgIpc) is 1.98. The summed E-state index contributed by atoms with van der Waals surface area (Å²) >= 11 is 0. The Balaban J connectivity index is 3.39. The summed E-state index contributed by atoms with van der Waals surface area (Å²) in [5.74, 6) is 0. The Morgan fingerprint density at radius 2 is 2.10 bits per heavy atom. The smallest absolute Gasteiger partial charge is 0.0163 e. The van der Waals surface area contributed by atoms with Crippen LogP contribution in [0.2, 0.25) is 0 Å². The second-order valence-electron chi connectivity index (χ2n) is 2.36. The van der Waals surface area contributed by atoms with E-state index < -0.39 is 0 Å². The van der Waals surface area contributed by atoms with Gasteiger partial charge in [0.15, 0.2) is 0 Å². The summed E-state index contributed by atoms with van der Waals surface area (Å²) in [5.41, 5.74) is 0. The molecule has 0 aromatic heterocycles. The summed E-state index contributed by atoms with van der Waals surface area (Å²) in [5, 5.41) is 0. The van der Waals surface area contributed by atoms with Gasteiger partial charge in [-0.2, -0.15) is 0 Å². The molecule has 0 aliphatic rings. The van der Waals surface area contributed by atoms with E-state index in [4.69, 9.17) is 0 Å². The van der Waals surface area contributed by atoms with Crippen molar-refractivity contribution in [3.63, 3.8) is 0 Å². The highest BCUT2D eigenvalue weighted by atomic mass is 15.1. The molecule has 0 atom stereocenters. The summed E-state index contributed by atoms with van der Waals surface area (Å²) in [6.07, 6.45) is 5.19. The van der Waals surface area contributed by atoms with Crippen LogP contribution in [0, 0.1) is 6.92 Å². The van der Waals surface area contributed by atoms with Crippen LogP contribution in [0.4, 0.5) is 0 Å². The summed E-state index contributed by atoms with van der Waals surface area (Å²) in [6, 6.07) is 0. The first-order valence-electron chi connectivity index (χ1n) is 4.01. The van der Waals surface area contributed by atoms with Gasteiger partial charge in [0.2, 0.25) is 0 Å². The molecule has 0 spiro atoms. The third-order valence-corrected chi connectivity index (χ3v) is 1.52. The van der Waals surface area contributed by atoms with Gasteiger partial charge in [-0.3, -0.25) is 4.90 Å². The monoisotopic (exact) mass is 140 g/mol. The fourth-order valence-electron chi connectivity index (χ4n) is 0.918. The lowest BCUT2D eigenvalue weighted by atomic mass is 10.4. The normalized spacial score (nSPS) is 11.6. The van der Waals surface area contributed by atoms with Gasteiger partial charge >= 0.3 is 0 Å². The molecule has 0 saturated heterocycles. The van der Waals surface area contributed by atoms with Crippen molar-refractivity contribution in [2.24, 2.45) is 0 Å². The minimum Gasteiger partial charge on any atom is -0.300 e. The highest BCUT2D eigenvalue weighted by Crippen LogP contribution is 1.90. The van der Waals surface area contributed by atoms with Gasteiger partial charge in [-0.05, 0) is 26.4 Å². The Kier molecular flexibility index (Phi) is 6.61. The maximum atomic E-state index is 3.64. The Morgan fingerprint density at radius 3 is 2.50 bits per heavy atom. The van der Waals surface area contributed by atoms with E-state index in [1.54, 1.807) is 0 Å². The number of nitrogens with zero attached hydrogens (tertiary/aromatic N) is 1. The number of hydrogen-bond acceptors (Lipinski definition) is 1. The molecule has 0 aromatic carbocycles. The lowest BCUT2D eigenvalue weighted by Crippen LogP contribution is -2.23. The maximum absolute atomic E-state index is 3.64. The van der Waals surface area contributed by atoms with Crippen LogP contribution in [-0.4, -0.2) is 24.5 Å². The lowest BCUT2D eigenvalue weighted by molar-refractivity contribution is 0.320. The molecule has 0 amide bonds. The number of rotatable bonds is 5. The zero-order valence-corrected chi connectivity index (χ0v) is 7.14. The van der Waals surface area contributed by atoms with Crippen molar-refractivity contribution in [2.45, 2.75) is 20.3 Å². The molecule has 1 heteroatoms. The van der Waals surface area contributed by atoms with Crippen LogP contribution in [0.25, 0.3) is 0 Å². The van der Waals surface area contributed by atoms with Crippen molar-refractivity contribution in [3.05, 3.63) is 19.1 Å². The van der Waals surface area contributed by atoms with Crippen LogP contribution in [0.5, 0.6) is 0 Å². The third kappa shape index (κ3) is 4.57. The Bertz CT molecular complexity index is 86.7. The van der Waals surface area contributed by atoms with Gasteiger partial charge in [0.1, 0.15) is 0 Å². The van der Waals surface area contributed by atoms with E-state index in [1.165, 1.54) is 13.0 Å². The third-order valence-electron chi connectivity index (χ3n) is 1.52. The molecule has 0 bridgehead atoms. The predicted octanol–water partition coefficient (Wildman–Crippen LogP) is 2.11. The molecular weight excluding hydrogens is 122 g/mol. The van der Waals surface area contributed by atoms with E-state index >= 15 is 0 Å². The van der Waals surface area contributed by atoms with Crippen molar-refractivity contribution in [1.29, 1.82) is 0 Å². The highest BCUT2D eigenvalue weighted by Gasteiger charge is 1.94. The Morgan fingerprint density at radius 1 is 1.40 bits per heavy atom. The molecule has 0 heterocycles. The van der Waals surface area contributed by atoms with E-state index in [0.29, 0.717) is 0 Å². The first kappa shape index (κ1) is 9.70. The van der Waals surface area contributed by atoms with E-state index in [9.17, 15) is 0 Å². The molecule has 1 nitrogen and oxygen atoms in total. The molecule has 0 aliphatic carbocycles. The van der Waals surface area contributed by atoms with Crippen LogP contribution < -0.4 is 0 Å². The van der Waals surface area contributed by atoms with Gasteiger partial charge in [0.25, 0.3) is 0 Å². The number of allylic oxidation sites excluding steroid dienone is 1. The average molecular weight is 140 g/mol. The molecule has 10 heavy (non-hydrogen) atoms. The molecule has 0 aliphatic heterocycles. The van der Waals surface area contributed by atoms with Gasteiger partial charge < -0.3 is 0 Å². The molecule has 0 saturated carbocycles. The first-order valence-corrected chi connectivity index (χ1v) is 4.01. The van der Waals surface area contributed by atoms with Crippen molar-refractivity contribution in [3.8, 4) is 0 Å². The minimum absolute atomic E-state index is 1.05. The minimum atomic E-state index is 1.05. The first-order chi connectivity index (χ1) is 4.85. The van der Waals surface area contributed by atoms with Crippen molar-refractivity contribution < 1.29 is 0 Å². The van der Waals surface area contributed by atoms with E-state index in [-0.39, 0.29) is 0 Å². The van der Waals surface area contributed by atoms with Gasteiger partial charge in [-0.15, -0.1) is 0 Å². The fourth-order valence-corrected chi connectivity index (χ4v) is 0.918. The quantitative estimate of drug-likeness (QED) is 0.565. The standard InChI is InChI=1S/C9H18N/c1-4-7-9-10(6-3)8-5-2/h4,7H,1,5-6,8-9H2,2-3H3. The topological polar surface area (TPSA) is 3.24 Å². The summed E-state index contributed by atoms with van der Waals surface area (Å²) in [6.45, 7) is 11.4. The maximum Gasteiger partial charge on any atom is 0.0163 e.